The number of nitrogens with one attached hydrogen (secondary N) is 1. The third kappa shape index (κ3) is 5.77. The van der Waals surface area contributed by atoms with Crippen LogP contribution < -0.4 is 15.2 Å². The lowest BCUT2D eigenvalue weighted by molar-refractivity contribution is 0.216. The molecule has 0 bridgehead atoms. The minimum absolute atomic E-state index is 0.0550. The van der Waals surface area contributed by atoms with Crippen molar-refractivity contribution in [1.29, 1.82) is 0 Å². The van der Waals surface area contributed by atoms with E-state index in [9.17, 15) is 8.42 Å². The van der Waals surface area contributed by atoms with Crippen LogP contribution in [-0.2, 0) is 10.0 Å². The first-order valence-electron chi connectivity index (χ1n) is 6.43. The molecule has 0 saturated heterocycles. The molecule has 20 heavy (non-hydrogen) atoms. The maximum Gasteiger partial charge on any atom is 0.215 e. The van der Waals surface area contributed by atoms with Gasteiger partial charge in [0.15, 0.2) is 0 Å². The zero-order valence-electron chi connectivity index (χ0n) is 11.7. The van der Waals surface area contributed by atoms with Crippen LogP contribution in [-0.4, -0.2) is 38.5 Å². The van der Waals surface area contributed by atoms with Crippen molar-refractivity contribution in [3.05, 3.63) is 24.3 Å². The minimum atomic E-state index is -3.43. The van der Waals surface area contributed by atoms with E-state index in [2.05, 4.69) is 4.72 Å². The molecule has 7 heteroatoms. The number of benzene rings is 1. The normalized spacial score (nSPS) is 14.8. The van der Waals surface area contributed by atoms with Crippen molar-refractivity contribution in [3.8, 4) is 5.75 Å². The summed E-state index contributed by atoms with van der Waals surface area (Å²) in [6.07, 6.45) is 0. The van der Waals surface area contributed by atoms with Gasteiger partial charge in [-0.2, -0.15) is 0 Å². The molecule has 0 radical (unpaired) electrons. The fraction of sp³-hybridized carbons (Fsp3) is 0.538. The van der Waals surface area contributed by atoms with Crippen molar-refractivity contribution >= 4 is 15.7 Å². The van der Waals surface area contributed by atoms with E-state index in [1.165, 1.54) is 0 Å². The molecule has 114 valence electrons. The highest BCUT2D eigenvalue weighted by atomic mass is 32.2. The lowest BCUT2D eigenvalue weighted by Gasteiger charge is -2.19. The van der Waals surface area contributed by atoms with Gasteiger partial charge in [-0.15, -0.1) is 0 Å². The summed E-state index contributed by atoms with van der Waals surface area (Å²) in [6, 6.07) is 6.43. The van der Waals surface area contributed by atoms with Crippen molar-refractivity contribution in [2.24, 2.45) is 5.92 Å². The molecule has 0 heterocycles. The zero-order valence-corrected chi connectivity index (χ0v) is 12.6. The molecule has 6 nitrogen and oxygen atoms in total. The molecule has 2 atom stereocenters. The number of aliphatic hydroxyl groups excluding tert-OH is 1. The number of sulfonamides is 1. The fourth-order valence-corrected chi connectivity index (χ4v) is 2.67. The van der Waals surface area contributed by atoms with E-state index in [0.717, 1.165) is 0 Å². The van der Waals surface area contributed by atoms with Gasteiger partial charge in [0.1, 0.15) is 12.4 Å². The number of hydrogen-bond donors (Lipinski definition) is 3. The zero-order chi connectivity index (χ0) is 15.2. The van der Waals surface area contributed by atoms with Crippen LogP contribution in [0.3, 0.4) is 0 Å². The molecule has 0 saturated carbocycles. The molecule has 4 N–H and O–H groups in total. The highest BCUT2D eigenvalue weighted by molar-refractivity contribution is 7.89. The van der Waals surface area contributed by atoms with Gasteiger partial charge < -0.3 is 15.6 Å². The Morgan fingerprint density at radius 2 is 1.90 bits per heavy atom. The SMILES string of the molecule is CC(CO)C(C)NS(=O)(=O)CCOc1ccc(N)cc1. The van der Waals surface area contributed by atoms with Gasteiger partial charge in [-0.1, -0.05) is 6.92 Å². The smallest absolute Gasteiger partial charge is 0.215 e. The topological polar surface area (TPSA) is 102 Å². The average molecular weight is 302 g/mol. The Kier molecular flexibility index (Phi) is 6.25. The van der Waals surface area contributed by atoms with E-state index in [1.807, 2.05) is 0 Å². The predicted octanol–water partition coefficient (Wildman–Crippen LogP) is 0.584. The summed E-state index contributed by atoms with van der Waals surface area (Å²) in [4.78, 5) is 0. The fourth-order valence-electron chi connectivity index (χ4n) is 1.45. The van der Waals surface area contributed by atoms with Crippen molar-refractivity contribution in [2.75, 3.05) is 24.7 Å². The highest BCUT2D eigenvalue weighted by Crippen LogP contribution is 2.13. The van der Waals surface area contributed by atoms with Gasteiger partial charge >= 0.3 is 0 Å². The van der Waals surface area contributed by atoms with Gasteiger partial charge in [0, 0.05) is 18.3 Å². The summed E-state index contributed by atoms with van der Waals surface area (Å²) in [7, 11) is -3.43. The number of nitrogens with two attached hydrogens (primary N) is 1. The highest BCUT2D eigenvalue weighted by Gasteiger charge is 2.18. The van der Waals surface area contributed by atoms with Crippen LogP contribution in [0.5, 0.6) is 5.75 Å². The predicted molar refractivity (Wildman–Crippen MR) is 79.0 cm³/mol. The number of aliphatic hydroxyl groups is 1. The first-order chi connectivity index (χ1) is 9.34. The molecular formula is C13H22N2O4S. The Morgan fingerprint density at radius 3 is 2.45 bits per heavy atom. The average Bonchev–Trinajstić information content (AvgIpc) is 2.39. The summed E-state index contributed by atoms with van der Waals surface area (Å²) in [5, 5.41) is 8.98. The maximum atomic E-state index is 11.8. The molecular weight excluding hydrogens is 280 g/mol. The van der Waals surface area contributed by atoms with Crippen LogP contribution in [0.1, 0.15) is 13.8 Å². The Hall–Kier alpha value is -1.31. The van der Waals surface area contributed by atoms with Crippen LogP contribution in [0.2, 0.25) is 0 Å². The van der Waals surface area contributed by atoms with Gasteiger partial charge in [-0.3, -0.25) is 0 Å². The Morgan fingerprint density at radius 1 is 1.30 bits per heavy atom. The maximum absolute atomic E-state index is 11.8. The van der Waals surface area contributed by atoms with E-state index in [0.29, 0.717) is 11.4 Å². The molecule has 0 fully saturated rings. The third-order valence-electron chi connectivity index (χ3n) is 3.01. The second-order valence-corrected chi connectivity index (χ2v) is 6.68. The van der Waals surface area contributed by atoms with Gasteiger partial charge in [0.05, 0.1) is 5.75 Å². The van der Waals surface area contributed by atoms with Crippen molar-refractivity contribution in [3.63, 3.8) is 0 Å². The lowest BCUT2D eigenvalue weighted by atomic mass is 10.1. The molecule has 0 amide bonds. The minimum Gasteiger partial charge on any atom is -0.492 e. The van der Waals surface area contributed by atoms with Crippen LogP contribution in [0.15, 0.2) is 24.3 Å². The molecule has 1 aromatic carbocycles. The second kappa shape index (κ2) is 7.47. The first-order valence-corrected chi connectivity index (χ1v) is 8.08. The molecule has 2 unspecified atom stereocenters. The molecule has 1 rings (SSSR count). The van der Waals surface area contributed by atoms with Crippen molar-refractivity contribution < 1.29 is 18.3 Å². The molecule has 1 aromatic rings. The van der Waals surface area contributed by atoms with E-state index in [-0.39, 0.29) is 30.9 Å². The third-order valence-corrected chi connectivity index (χ3v) is 4.44. The summed E-state index contributed by atoms with van der Waals surface area (Å²) in [6.45, 7) is 3.49. The largest absolute Gasteiger partial charge is 0.492 e. The Balaban J connectivity index is 2.41. The number of rotatable bonds is 8. The van der Waals surface area contributed by atoms with Crippen LogP contribution in [0.25, 0.3) is 0 Å². The van der Waals surface area contributed by atoms with Crippen LogP contribution in [0, 0.1) is 5.92 Å². The van der Waals surface area contributed by atoms with E-state index in [4.69, 9.17) is 15.6 Å². The number of ether oxygens (including phenoxy) is 1. The molecule has 0 aliphatic rings. The molecule has 0 aliphatic carbocycles. The summed E-state index contributed by atoms with van der Waals surface area (Å²) < 4.78 is 31.5. The second-order valence-electron chi connectivity index (χ2n) is 4.80. The number of anilines is 1. The molecule has 0 spiro atoms. The summed E-state index contributed by atoms with van der Waals surface area (Å²) in [5.41, 5.74) is 6.16. The van der Waals surface area contributed by atoms with Crippen molar-refractivity contribution in [1.82, 2.24) is 4.72 Å². The molecule has 0 aliphatic heterocycles. The van der Waals surface area contributed by atoms with Gasteiger partial charge in [0.2, 0.25) is 10.0 Å². The quantitative estimate of drug-likeness (QED) is 0.610. The van der Waals surface area contributed by atoms with Crippen molar-refractivity contribution in [2.45, 2.75) is 19.9 Å². The Bertz CT molecular complexity index is 502. The van der Waals surface area contributed by atoms with E-state index >= 15 is 0 Å². The summed E-state index contributed by atoms with van der Waals surface area (Å²) >= 11 is 0. The van der Waals surface area contributed by atoms with Gasteiger partial charge in [0.25, 0.3) is 0 Å². The number of hydrogen-bond acceptors (Lipinski definition) is 5. The van der Waals surface area contributed by atoms with Crippen LogP contribution in [0.4, 0.5) is 5.69 Å². The van der Waals surface area contributed by atoms with Gasteiger partial charge in [-0.05, 0) is 37.1 Å². The van der Waals surface area contributed by atoms with E-state index in [1.54, 1.807) is 38.1 Å². The van der Waals surface area contributed by atoms with E-state index < -0.39 is 10.0 Å². The lowest BCUT2D eigenvalue weighted by Crippen LogP contribution is -2.40. The Labute approximate surface area is 120 Å². The monoisotopic (exact) mass is 302 g/mol. The van der Waals surface area contributed by atoms with Crippen LogP contribution >= 0.6 is 0 Å². The molecule has 0 aromatic heterocycles. The first kappa shape index (κ1) is 16.7. The summed E-state index contributed by atoms with van der Waals surface area (Å²) in [5.74, 6) is 0.300. The number of nitrogen functional groups attached to an aromatic ring is 1. The standard InChI is InChI=1S/C13H22N2O4S/c1-10(9-16)11(2)15-20(17,18)8-7-19-13-5-3-12(14)4-6-13/h3-6,10-11,15-16H,7-9,14H2,1-2H3. The van der Waals surface area contributed by atoms with Gasteiger partial charge in [-0.25, -0.2) is 13.1 Å².